The molecule has 1 aromatic heterocycles. The summed E-state index contributed by atoms with van der Waals surface area (Å²) in [7, 11) is 0. The SMILES string of the molecule is NC(=NO)c1cccc(N(CC2CC2)CC2CC2)n1. The second-order valence-corrected chi connectivity index (χ2v) is 5.66. The van der Waals surface area contributed by atoms with Gasteiger partial charge in [0.25, 0.3) is 0 Å². The van der Waals surface area contributed by atoms with Crippen molar-refractivity contribution in [3.8, 4) is 0 Å². The van der Waals surface area contributed by atoms with Crippen LogP contribution in [0.15, 0.2) is 23.4 Å². The molecule has 0 saturated heterocycles. The normalized spacial score (nSPS) is 19.5. The van der Waals surface area contributed by atoms with Crippen molar-refractivity contribution in [1.29, 1.82) is 0 Å². The number of hydrogen-bond donors (Lipinski definition) is 2. The summed E-state index contributed by atoms with van der Waals surface area (Å²) in [5.74, 6) is 2.67. The molecule has 0 radical (unpaired) electrons. The largest absolute Gasteiger partial charge is 0.409 e. The molecule has 19 heavy (non-hydrogen) atoms. The quantitative estimate of drug-likeness (QED) is 0.354. The van der Waals surface area contributed by atoms with Crippen LogP contribution in [0, 0.1) is 11.8 Å². The van der Waals surface area contributed by atoms with Gasteiger partial charge in [-0.3, -0.25) is 0 Å². The number of rotatable bonds is 6. The van der Waals surface area contributed by atoms with Gasteiger partial charge in [0.15, 0.2) is 5.84 Å². The summed E-state index contributed by atoms with van der Waals surface area (Å²) >= 11 is 0. The summed E-state index contributed by atoms with van der Waals surface area (Å²) in [5, 5.41) is 11.8. The Bertz CT molecular complexity index is 466. The second-order valence-electron chi connectivity index (χ2n) is 5.66. The highest BCUT2D eigenvalue weighted by atomic mass is 16.4. The molecule has 0 atom stereocenters. The fourth-order valence-corrected chi connectivity index (χ4v) is 2.28. The van der Waals surface area contributed by atoms with E-state index < -0.39 is 0 Å². The Morgan fingerprint density at radius 3 is 2.42 bits per heavy atom. The summed E-state index contributed by atoms with van der Waals surface area (Å²) in [6.07, 6.45) is 5.34. The molecule has 0 bridgehead atoms. The summed E-state index contributed by atoms with van der Waals surface area (Å²) in [6, 6.07) is 5.70. The number of nitrogens with two attached hydrogens (primary N) is 1. The van der Waals surface area contributed by atoms with E-state index in [0.29, 0.717) is 5.69 Å². The van der Waals surface area contributed by atoms with Gasteiger partial charge >= 0.3 is 0 Å². The van der Waals surface area contributed by atoms with Crippen molar-refractivity contribution in [2.45, 2.75) is 25.7 Å². The molecule has 0 unspecified atom stereocenters. The van der Waals surface area contributed by atoms with Crippen molar-refractivity contribution in [3.63, 3.8) is 0 Å². The third-order valence-electron chi connectivity index (χ3n) is 3.78. The summed E-state index contributed by atoms with van der Waals surface area (Å²) in [5.41, 5.74) is 6.15. The molecule has 1 heterocycles. The number of nitrogens with zero attached hydrogens (tertiary/aromatic N) is 3. The molecule has 102 valence electrons. The van der Waals surface area contributed by atoms with E-state index in [1.165, 1.54) is 25.7 Å². The van der Waals surface area contributed by atoms with E-state index in [4.69, 9.17) is 10.9 Å². The number of pyridine rings is 1. The number of oxime groups is 1. The monoisotopic (exact) mass is 260 g/mol. The first kappa shape index (κ1) is 12.3. The highest BCUT2D eigenvalue weighted by Gasteiger charge is 2.29. The molecule has 2 fully saturated rings. The Morgan fingerprint density at radius 1 is 1.26 bits per heavy atom. The molecular weight excluding hydrogens is 240 g/mol. The van der Waals surface area contributed by atoms with Crippen LogP contribution in [0.2, 0.25) is 0 Å². The number of amidine groups is 1. The molecule has 0 aromatic carbocycles. The molecule has 2 aliphatic carbocycles. The maximum absolute atomic E-state index is 8.74. The molecule has 0 amide bonds. The summed E-state index contributed by atoms with van der Waals surface area (Å²) in [6.45, 7) is 2.17. The molecule has 0 spiro atoms. The number of anilines is 1. The maximum Gasteiger partial charge on any atom is 0.188 e. The van der Waals surface area contributed by atoms with Gasteiger partial charge in [-0.15, -0.1) is 0 Å². The average molecular weight is 260 g/mol. The van der Waals surface area contributed by atoms with E-state index >= 15 is 0 Å². The van der Waals surface area contributed by atoms with Crippen LogP contribution < -0.4 is 10.6 Å². The van der Waals surface area contributed by atoms with E-state index in [1.807, 2.05) is 12.1 Å². The van der Waals surface area contributed by atoms with Crippen LogP contribution >= 0.6 is 0 Å². The van der Waals surface area contributed by atoms with Crippen LogP contribution in [-0.4, -0.2) is 29.1 Å². The van der Waals surface area contributed by atoms with E-state index in [1.54, 1.807) is 6.07 Å². The van der Waals surface area contributed by atoms with Gasteiger partial charge in [0.05, 0.1) is 0 Å². The van der Waals surface area contributed by atoms with Crippen molar-refractivity contribution >= 4 is 11.7 Å². The third kappa shape index (κ3) is 3.16. The zero-order chi connectivity index (χ0) is 13.2. The predicted octanol–water partition coefficient (Wildman–Crippen LogP) is 1.80. The number of hydrogen-bond acceptors (Lipinski definition) is 4. The van der Waals surface area contributed by atoms with E-state index in [-0.39, 0.29) is 5.84 Å². The van der Waals surface area contributed by atoms with E-state index in [2.05, 4.69) is 15.0 Å². The van der Waals surface area contributed by atoms with Gasteiger partial charge in [-0.2, -0.15) is 0 Å². The van der Waals surface area contributed by atoms with Crippen LogP contribution in [0.1, 0.15) is 31.4 Å². The predicted molar refractivity (Wildman–Crippen MR) is 74.4 cm³/mol. The van der Waals surface area contributed by atoms with Gasteiger partial charge in [-0.25, -0.2) is 4.98 Å². The van der Waals surface area contributed by atoms with Gasteiger partial charge in [0.2, 0.25) is 0 Å². The molecule has 2 aliphatic rings. The Kier molecular flexibility index (Phi) is 3.27. The average Bonchev–Trinajstić information content (AvgIpc) is 3.32. The van der Waals surface area contributed by atoms with E-state index in [0.717, 1.165) is 30.7 Å². The summed E-state index contributed by atoms with van der Waals surface area (Å²) in [4.78, 5) is 6.88. The molecule has 3 N–H and O–H groups in total. The molecule has 5 nitrogen and oxygen atoms in total. The minimum Gasteiger partial charge on any atom is -0.409 e. The minimum absolute atomic E-state index is 0.0691. The fourth-order valence-electron chi connectivity index (χ4n) is 2.28. The van der Waals surface area contributed by atoms with Crippen LogP contribution in [-0.2, 0) is 0 Å². The first-order chi connectivity index (χ1) is 9.26. The van der Waals surface area contributed by atoms with Gasteiger partial charge < -0.3 is 15.8 Å². The van der Waals surface area contributed by atoms with Gasteiger partial charge in [0.1, 0.15) is 11.5 Å². The zero-order valence-electron chi connectivity index (χ0n) is 11.0. The molecular formula is C14H20N4O. The van der Waals surface area contributed by atoms with Gasteiger partial charge in [0, 0.05) is 13.1 Å². The smallest absolute Gasteiger partial charge is 0.188 e. The van der Waals surface area contributed by atoms with Crippen LogP contribution in [0.25, 0.3) is 0 Å². The molecule has 2 saturated carbocycles. The standard InChI is InChI=1S/C14H20N4O/c15-14(17-19)12-2-1-3-13(16-12)18(8-10-4-5-10)9-11-6-7-11/h1-3,10-11,19H,4-9H2,(H2,15,17). The fraction of sp³-hybridized carbons (Fsp3) is 0.571. The van der Waals surface area contributed by atoms with Gasteiger partial charge in [-0.05, 0) is 49.7 Å². The van der Waals surface area contributed by atoms with Crippen LogP contribution in [0.5, 0.6) is 0 Å². The number of aromatic nitrogens is 1. The maximum atomic E-state index is 8.74. The van der Waals surface area contributed by atoms with Crippen molar-refractivity contribution < 1.29 is 5.21 Å². The Labute approximate surface area is 113 Å². The van der Waals surface area contributed by atoms with Crippen molar-refractivity contribution in [1.82, 2.24) is 4.98 Å². The Morgan fingerprint density at radius 2 is 1.89 bits per heavy atom. The van der Waals surface area contributed by atoms with Crippen molar-refractivity contribution in [3.05, 3.63) is 23.9 Å². The van der Waals surface area contributed by atoms with Crippen LogP contribution in [0.3, 0.4) is 0 Å². The minimum atomic E-state index is 0.0691. The third-order valence-corrected chi connectivity index (χ3v) is 3.78. The molecule has 0 aliphatic heterocycles. The Balaban J connectivity index is 1.79. The second kappa shape index (κ2) is 5.07. The van der Waals surface area contributed by atoms with Crippen molar-refractivity contribution in [2.75, 3.05) is 18.0 Å². The Hall–Kier alpha value is -1.78. The first-order valence-electron chi connectivity index (χ1n) is 6.96. The lowest BCUT2D eigenvalue weighted by molar-refractivity contribution is 0.318. The van der Waals surface area contributed by atoms with Gasteiger partial charge in [-0.1, -0.05) is 11.2 Å². The van der Waals surface area contributed by atoms with E-state index in [9.17, 15) is 0 Å². The first-order valence-corrected chi connectivity index (χ1v) is 6.96. The summed E-state index contributed by atoms with van der Waals surface area (Å²) < 4.78 is 0. The highest BCUT2D eigenvalue weighted by Crippen LogP contribution is 2.35. The molecule has 3 rings (SSSR count). The zero-order valence-corrected chi connectivity index (χ0v) is 11.0. The molecule has 1 aromatic rings. The molecule has 5 heteroatoms. The lowest BCUT2D eigenvalue weighted by Gasteiger charge is -2.24. The highest BCUT2D eigenvalue weighted by molar-refractivity contribution is 5.95. The lowest BCUT2D eigenvalue weighted by Crippen LogP contribution is -2.29. The lowest BCUT2D eigenvalue weighted by atomic mass is 10.2. The topological polar surface area (TPSA) is 74.7 Å². The van der Waals surface area contributed by atoms with Crippen LogP contribution in [0.4, 0.5) is 5.82 Å². The van der Waals surface area contributed by atoms with Crippen molar-refractivity contribution in [2.24, 2.45) is 22.7 Å².